The third-order valence-corrected chi connectivity index (χ3v) is 8.03. The zero-order valence-corrected chi connectivity index (χ0v) is 23.4. The Morgan fingerprint density at radius 3 is 2.62 bits per heavy atom. The van der Waals surface area contributed by atoms with Gasteiger partial charge in [-0.3, -0.25) is 19.5 Å². The van der Waals surface area contributed by atoms with Crippen LogP contribution in [0.2, 0.25) is 0 Å². The van der Waals surface area contributed by atoms with E-state index in [1.807, 2.05) is 64.7 Å². The van der Waals surface area contributed by atoms with Crippen LogP contribution in [-0.2, 0) is 16.5 Å². The first-order valence-electron chi connectivity index (χ1n) is 13.7. The van der Waals surface area contributed by atoms with Crippen LogP contribution in [0.5, 0.6) is 0 Å². The summed E-state index contributed by atoms with van der Waals surface area (Å²) in [6.07, 6.45) is 8.88. The third-order valence-electron chi connectivity index (χ3n) is 8.03. The topological polar surface area (TPSA) is 101 Å². The number of hydrogen-bond donors (Lipinski definition) is 1. The standard InChI is InChI=1S/C30H33N7O3/c1-28(2,3)39-27(38)36-12-6-11-29(4)30(36,40-29)37-18-33-25-16-32-24-10-7-19(13-22(24)26(25)37)20-8-9-23(31-14-20)21-15-34-35(5)17-21/h7-10,13-17,33H,6,11-12,18H2,1-5H3. The summed E-state index contributed by atoms with van der Waals surface area (Å²) in [5.74, 6) is -0.928. The number of benzene rings is 1. The van der Waals surface area contributed by atoms with Crippen molar-refractivity contribution in [3.63, 3.8) is 0 Å². The van der Waals surface area contributed by atoms with Crippen LogP contribution >= 0.6 is 0 Å². The number of nitrogens with one attached hydrogen (secondary N) is 1. The molecule has 3 aliphatic heterocycles. The number of carbonyl (C=O) groups excluding carboxylic acids is 1. The lowest BCUT2D eigenvalue weighted by molar-refractivity contribution is -0.00734. The van der Waals surface area contributed by atoms with E-state index in [4.69, 9.17) is 19.4 Å². The number of pyridine rings is 2. The fourth-order valence-electron chi connectivity index (χ4n) is 6.16. The number of likely N-dealkylation sites (tertiary alicyclic amines) is 1. The number of carbonyl (C=O) groups is 1. The molecule has 40 heavy (non-hydrogen) atoms. The maximum Gasteiger partial charge on any atom is 0.414 e. The Hall–Kier alpha value is -4.18. The number of anilines is 2. The zero-order valence-electron chi connectivity index (χ0n) is 23.4. The Kier molecular flexibility index (Phi) is 5.22. The lowest BCUT2D eigenvalue weighted by Crippen LogP contribution is -2.61. The van der Waals surface area contributed by atoms with Crippen molar-refractivity contribution in [3.05, 3.63) is 55.1 Å². The van der Waals surface area contributed by atoms with Crippen LogP contribution in [0.25, 0.3) is 33.3 Å². The van der Waals surface area contributed by atoms with E-state index in [0.29, 0.717) is 13.2 Å². The number of aromatic nitrogens is 4. The Balaban J connectivity index is 1.29. The van der Waals surface area contributed by atoms with E-state index in [9.17, 15) is 4.79 Å². The molecule has 206 valence electrons. The molecule has 6 heterocycles. The molecule has 3 aromatic heterocycles. The van der Waals surface area contributed by atoms with Gasteiger partial charge in [0.2, 0.25) is 0 Å². The fourth-order valence-corrected chi connectivity index (χ4v) is 6.16. The van der Waals surface area contributed by atoms with Gasteiger partial charge < -0.3 is 19.7 Å². The van der Waals surface area contributed by atoms with Crippen molar-refractivity contribution in [1.82, 2.24) is 24.6 Å². The van der Waals surface area contributed by atoms with Gasteiger partial charge in [0, 0.05) is 42.5 Å². The summed E-state index contributed by atoms with van der Waals surface area (Å²) in [5, 5.41) is 8.72. The molecule has 2 fully saturated rings. The highest BCUT2D eigenvalue weighted by atomic mass is 16.7. The summed E-state index contributed by atoms with van der Waals surface area (Å²) in [4.78, 5) is 26.8. The molecule has 1 amide bonds. The van der Waals surface area contributed by atoms with Crippen molar-refractivity contribution in [2.24, 2.45) is 7.05 Å². The summed E-state index contributed by atoms with van der Waals surface area (Å²) in [6.45, 7) is 8.82. The van der Waals surface area contributed by atoms with Crippen molar-refractivity contribution in [3.8, 4) is 22.4 Å². The van der Waals surface area contributed by atoms with Gasteiger partial charge in [-0.2, -0.15) is 5.10 Å². The van der Waals surface area contributed by atoms with E-state index in [1.165, 1.54) is 0 Å². The smallest absolute Gasteiger partial charge is 0.414 e. The molecule has 2 unspecified atom stereocenters. The number of amides is 1. The molecule has 7 rings (SSSR count). The van der Waals surface area contributed by atoms with Crippen LogP contribution in [0.4, 0.5) is 16.2 Å². The predicted molar refractivity (Wildman–Crippen MR) is 153 cm³/mol. The van der Waals surface area contributed by atoms with Crippen LogP contribution in [0, 0.1) is 0 Å². The van der Waals surface area contributed by atoms with Gasteiger partial charge in [-0.15, -0.1) is 0 Å². The minimum Gasteiger partial charge on any atom is -0.444 e. The van der Waals surface area contributed by atoms with Crippen LogP contribution in [0.3, 0.4) is 0 Å². The number of nitrogens with zero attached hydrogens (tertiary/aromatic N) is 6. The number of rotatable bonds is 3. The number of piperidine rings is 1. The summed E-state index contributed by atoms with van der Waals surface area (Å²) < 4.78 is 14.1. The molecule has 0 bridgehead atoms. The van der Waals surface area contributed by atoms with Crippen molar-refractivity contribution in [2.75, 3.05) is 23.4 Å². The van der Waals surface area contributed by atoms with Crippen molar-refractivity contribution in [1.29, 1.82) is 0 Å². The number of epoxide rings is 1. The number of fused-ring (bicyclic) bond motifs is 4. The first kappa shape index (κ1) is 24.8. The maximum absolute atomic E-state index is 13.5. The monoisotopic (exact) mass is 539 g/mol. The SMILES string of the molecule is Cn1cc(-c2ccc(-c3ccc4ncc5c(c4c3)N(C34OC3(C)CCCN4C(=O)OC(C)(C)C)CN5)cn2)cn1. The Labute approximate surface area is 232 Å². The van der Waals surface area contributed by atoms with E-state index in [1.54, 1.807) is 9.58 Å². The van der Waals surface area contributed by atoms with Gasteiger partial charge in [0.1, 0.15) is 11.2 Å². The highest BCUT2D eigenvalue weighted by Crippen LogP contribution is 2.61. The molecule has 0 aliphatic carbocycles. The largest absolute Gasteiger partial charge is 0.444 e. The lowest BCUT2D eigenvalue weighted by Gasteiger charge is -2.41. The fraction of sp³-hybridized carbons (Fsp3) is 0.400. The maximum atomic E-state index is 13.5. The Bertz CT molecular complexity index is 1640. The number of aryl methyl sites for hydroxylation is 1. The average Bonchev–Trinajstić information content (AvgIpc) is 3.19. The van der Waals surface area contributed by atoms with Gasteiger partial charge >= 0.3 is 6.09 Å². The molecule has 10 nitrogen and oxygen atoms in total. The third kappa shape index (κ3) is 3.73. The van der Waals surface area contributed by atoms with Gasteiger partial charge in [-0.1, -0.05) is 12.1 Å². The second-order valence-electron chi connectivity index (χ2n) is 12.0. The van der Waals surface area contributed by atoms with Crippen LogP contribution in [0.1, 0.15) is 40.5 Å². The Morgan fingerprint density at radius 1 is 1.07 bits per heavy atom. The van der Waals surface area contributed by atoms with Crippen molar-refractivity contribution >= 4 is 28.4 Å². The van der Waals surface area contributed by atoms with E-state index in [-0.39, 0.29) is 6.09 Å². The minimum absolute atomic E-state index is 0.358. The summed E-state index contributed by atoms with van der Waals surface area (Å²) in [7, 11) is 1.90. The first-order chi connectivity index (χ1) is 19.1. The molecule has 2 atom stereocenters. The predicted octanol–water partition coefficient (Wildman–Crippen LogP) is 5.36. The van der Waals surface area contributed by atoms with Crippen LogP contribution in [-0.4, -0.2) is 61.0 Å². The van der Waals surface area contributed by atoms with Gasteiger partial charge in [0.05, 0.1) is 41.6 Å². The molecule has 0 spiro atoms. The summed E-state index contributed by atoms with van der Waals surface area (Å²) >= 11 is 0. The molecule has 10 heteroatoms. The van der Waals surface area contributed by atoms with E-state index in [2.05, 4.69) is 40.4 Å². The number of hydrogen-bond acceptors (Lipinski definition) is 8. The van der Waals surface area contributed by atoms with Gasteiger partial charge in [0.15, 0.2) is 0 Å². The molecular weight excluding hydrogens is 506 g/mol. The van der Waals surface area contributed by atoms with Gasteiger partial charge in [-0.25, -0.2) is 4.79 Å². The number of ether oxygens (including phenoxy) is 2. The molecule has 1 N–H and O–H groups in total. The molecule has 2 saturated heterocycles. The second kappa shape index (κ2) is 8.41. The van der Waals surface area contributed by atoms with E-state index >= 15 is 0 Å². The Morgan fingerprint density at radius 2 is 1.90 bits per heavy atom. The van der Waals surface area contributed by atoms with Crippen LogP contribution in [0.15, 0.2) is 55.1 Å². The quantitative estimate of drug-likeness (QED) is 0.347. The van der Waals surface area contributed by atoms with Gasteiger partial charge in [0.25, 0.3) is 5.85 Å². The molecule has 3 aliphatic rings. The van der Waals surface area contributed by atoms with E-state index in [0.717, 1.165) is 57.5 Å². The molecule has 0 saturated carbocycles. The summed E-state index contributed by atoms with van der Waals surface area (Å²) in [5.41, 5.74) is 5.55. The summed E-state index contributed by atoms with van der Waals surface area (Å²) in [6, 6.07) is 10.3. The minimum atomic E-state index is -0.928. The highest BCUT2D eigenvalue weighted by Gasteiger charge is 2.77. The zero-order chi connectivity index (χ0) is 27.9. The molecule has 1 aromatic carbocycles. The molecule has 4 aromatic rings. The molecule has 0 radical (unpaired) electrons. The van der Waals surface area contributed by atoms with Crippen molar-refractivity contribution in [2.45, 2.75) is 57.6 Å². The first-order valence-corrected chi connectivity index (χ1v) is 13.7. The van der Waals surface area contributed by atoms with Crippen molar-refractivity contribution < 1.29 is 14.3 Å². The van der Waals surface area contributed by atoms with Crippen LogP contribution < -0.4 is 10.2 Å². The average molecular weight is 540 g/mol. The highest BCUT2D eigenvalue weighted by molar-refractivity contribution is 6.02. The lowest BCUT2D eigenvalue weighted by atomic mass is 9.94. The van der Waals surface area contributed by atoms with E-state index < -0.39 is 17.1 Å². The molecular formula is C30H33N7O3. The van der Waals surface area contributed by atoms with Gasteiger partial charge in [-0.05, 0) is 64.3 Å². The second-order valence-corrected chi connectivity index (χ2v) is 12.0. The normalized spacial score (nSPS) is 23.5.